The van der Waals surface area contributed by atoms with Gasteiger partial charge in [-0.15, -0.1) is 11.8 Å². The summed E-state index contributed by atoms with van der Waals surface area (Å²) < 4.78 is 0. The van der Waals surface area contributed by atoms with Gasteiger partial charge in [0.15, 0.2) is 0 Å². The number of aromatic nitrogens is 1. The maximum absolute atomic E-state index is 5.49. The molecule has 0 unspecified atom stereocenters. The Labute approximate surface area is 93.6 Å². The van der Waals surface area contributed by atoms with E-state index in [1.807, 2.05) is 12.1 Å². The fourth-order valence-electron chi connectivity index (χ4n) is 1.36. The number of hydrogen-bond acceptors (Lipinski definition) is 2. The molecule has 1 aromatic heterocycles. The van der Waals surface area contributed by atoms with Crippen LogP contribution in [0.5, 0.6) is 0 Å². The highest BCUT2D eigenvalue weighted by Gasteiger charge is 2.00. The van der Waals surface area contributed by atoms with E-state index in [4.69, 9.17) is 5.73 Å². The van der Waals surface area contributed by atoms with Crippen LogP contribution in [0.15, 0.2) is 47.5 Å². The molecule has 0 aliphatic rings. The number of H-pyrrole nitrogens is 1. The van der Waals surface area contributed by atoms with Gasteiger partial charge in [0.1, 0.15) is 0 Å². The van der Waals surface area contributed by atoms with Crippen molar-refractivity contribution in [3.05, 3.63) is 42.5 Å². The molecule has 0 amide bonds. The molecule has 0 atom stereocenters. The molecule has 2 nitrogen and oxygen atoms in total. The second-order valence-corrected chi connectivity index (χ2v) is 4.48. The molecule has 0 saturated heterocycles. The monoisotopic (exact) mass is 218 g/mol. The molecule has 2 rings (SSSR count). The largest absolute Gasteiger partial charge is 0.350 e. The van der Waals surface area contributed by atoms with Crippen molar-refractivity contribution in [1.82, 2.24) is 4.98 Å². The standard InChI is InChI=1S/C12H14N2S/c1-9(7-13)8-15-12-6-10-4-2-3-5-11(10)14-12/h2-6,14H,1,7-8,13H2. The van der Waals surface area contributed by atoms with Crippen molar-refractivity contribution >= 4 is 22.7 Å². The molecule has 1 heterocycles. The molecular formula is C12H14N2S. The van der Waals surface area contributed by atoms with Crippen molar-refractivity contribution < 1.29 is 0 Å². The van der Waals surface area contributed by atoms with Crippen molar-refractivity contribution in [1.29, 1.82) is 0 Å². The van der Waals surface area contributed by atoms with Crippen molar-refractivity contribution in [2.75, 3.05) is 12.3 Å². The highest BCUT2D eigenvalue weighted by Crippen LogP contribution is 2.23. The van der Waals surface area contributed by atoms with Crippen LogP contribution in [0.3, 0.4) is 0 Å². The Kier molecular flexibility index (Phi) is 3.14. The maximum atomic E-state index is 5.49. The Morgan fingerprint density at radius 3 is 2.93 bits per heavy atom. The molecule has 1 aromatic carbocycles. The first-order valence-electron chi connectivity index (χ1n) is 4.87. The zero-order valence-corrected chi connectivity index (χ0v) is 9.31. The summed E-state index contributed by atoms with van der Waals surface area (Å²) >= 11 is 1.74. The Bertz CT molecular complexity index is 440. The topological polar surface area (TPSA) is 41.8 Å². The van der Waals surface area contributed by atoms with Gasteiger partial charge >= 0.3 is 0 Å². The van der Waals surface area contributed by atoms with E-state index < -0.39 is 0 Å². The van der Waals surface area contributed by atoms with Gasteiger partial charge in [0, 0.05) is 23.2 Å². The highest BCUT2D eigenvalue weighted by atomic mass is 32.2. The van der Waals surface area contributed by atoms with Gasteiger partial charge in [-0.2, -0.15) is 0 Å². The second kappa shape index (κ2) is 4.55. The van der Waals surface area contributed by atoms with Crippen LogP contribution >= 0.6 is 11.8 Å². The van der Waals surface area contributed by atoms with E-state index >= 15 is 0 Å². The second-order valence-electron chi connectivity index (χ2n) is 3.46. The number of thioether (sulfide) groups is 1. The van der Waals surface area contributed by atoms with Crippen LogP contribution < -0.4 is 5.73 Å². The SMILES string of the molecule is C=C(CN)CSc1cc2ccccc2[nH]1. The number of nitrogens with two attached hydrogens (primary N) is 1. The van der Waals surface area contributed by atoms with E-state index in [9.17, 15) is 0 Å². The maximum Gasteiger partial charge on any atom is 0.0735 e. The quantitative estimate of drug-likeness (QED) is 0.612. The zero-order valence-electron chi connectivity index (χ0n) is 8.49. The number of fused-ring (bicyclic) bond motifs is 1. The molecule has 0 spiro atoms. The summed E-state index contributed by atoms with van der Waals surface area (Å²) in [5.41, 5.74) is 7.74. The van der Waals surface area contributed by atoms with E-state index in [0.29, 0.717) is 6.54 Å². The van der Waals surface area contributed by atoms with Crippen LogP contribution in [0.4, 0.5) is 0 Å². The molecule has 0 aliphatic heterocycles. The number of benzene rings is 1. The first-order valence-corrected chi connectivity index (χ1v) is 5.85. The normalized spacial score (nSPS) is 10.7. The van der Waals surface area contributed by atoms with Crippen molar-refractivity contribution in [2.45, 2.75) is 5.03 Å². The smallest absolute Gasteiger partial charge is 0.0735 e. The predicted octanol–water partition coefficient (Wildman–Crippen LogP) is 2.77. The molecule has 78 valence electrons. The van der Waals surface area contributed by atoms with Crippen LogP contribution in [0.2, 0.25) is 0 Å². The highest BCUT2D eigenvalue weighted by molar-refractivity contribution is 7.99. The van der Waals surface area contributed by atoms with Crippen molar-refractivity contribution in [3.8, 4) is 0 Å². The van der Waals surface area contributed by atoms with Crippen molar-refractivity contribution in [3.63, 3.8) is 0 Å². The average molecular weight is 218 g/mol. The van der Waals surface area contributed by atoms with E-state index in [0.717, 1.165) is 11.3 Å². The molecule has 0 aliphatic carbocycles. The Balaban J connectivity index is 2.12. The Hall–Kier alpha value is -1.19. The summed E-state index contributed by atoms with van der Waals surface area (Å²) in [5, 5.41) is 2.42. The van der Waals surface area contributed by atoms with Crippen LogP contribution in [0.1, 0.15) is 0 Å². The van der Waals surface area contributed by atoms with Gasteiger partial charge in [-0.25, -0.2) is 0 Å². The summed E-state index contributed by atoms with van der Waals surface area (Å²) in [7, 11) is 0. The number of nitrogens with one attached hydrogen (secondary N) is 1. The summed E-state index contributed by atoms with van der Waals surface area (Å²) in [4.78, 5) is 3.36. The van der Waals surface area contributed by atoms with Crippen LogP contribution in [0.25, 0.3) is 10.9 Å². The minimum absolute atomic E-state index is 0.563. The Morgan fingerprint density at radius 1 is 1.40 bits per heavy atom. The first-order chi connectivity index (χ1) is 7.29. The van der Waals surface area contributed by atoms with Gasteiger partial charge in [0.2, 0.25) is 0 Å². The Morgan fingerprint density at radius 2 is 2.20 bits per heavy atom. The summed E-state index contributed by atoms with van der Waals surface area (Å²) in [6.45, 7) is 4.45. The van der Waals surface area contributed by atoms with Crippen LogP contribution in [-0.2, 0) is 0 Å². The third-order valence-corrected chi connectivity index (χ3v) is 3.31. The minimum Gasteiger partial charge on any atom is -0.350 e. The third kappa shape index (κ3) is 2.43. The molecular weight excluding hydrogens is 204 g/mol. The predicted molar refractivity (Wildman–Crippen MR) is 67.2 cm³/mol. The van der Waals surface area contributed by atoms with Gasteiger partial charge in [0.05, 0.1) is 5.03 Å². The number of hydrogen-bond donors (Lipinski definition) is 2. The number of para-hydroxylation sites is 1. The fourth-order valence-corrected chi connectivity index (χ4v) is 2.23. The van der Waals surface area contributed by atoms with E-state index in [2.05, 4.69) is 29.8 Å². The van der Waals surface area contributed by atoms with E-state index in [1.165, 1.54) is 15.9 Å². The molecule has 0 bridgehead atoms. The molecule has 3 N–H and O–H groups in total. The van der Waals surface area contributed by atoms with Crippen LogP contribution in [-0.4, -0.2) is 17.3 Å². The molecule has 3 heteroatoms. The number of aromatic amines is 1. The van der Waals surface area contributed by atoms with Gasteiger partial charge < -0.3 is 10.7 Å². The summed E-state index contributed by atoms with van der Waals surface area (Å²) in [5.74, 6) is 0.878. The fraction of sp³-hybridized carbons (Fsp3) is 0.167. The van der Waals surface area contributed by atoms with Gasteiger partial charge in [-0.05, 0) is 12.1 Å². The van der Waals surface area contributed by atoms with Gasteiger partial charge in [0.25, 0.3) is 0 Å². The molecule has 15 heavy (non-hydrogen) atoms. The van der Waals surface area contributed by atoms with Crippen LogP contribution in [0, 0.1) is 0 Å². The first kappa shape index (κ1) is 10.3. The lowest BCUT2D eigenvalue weighted by atomic mass is 10.3. The van der Waals surface area contributed by atoms with Crippen molar-refractivity contribution in [2.24, 2.45) is 5.73 Å². The lowest BCUT2D eigenvalue weighted by molar-refractivity contribution is 1.15. The van der Waals surface area contributed by atoms with E-state index in [1.54, 1.807) is 11.8 Å². The summed E-state index contributed by atoms with van der Waals surface area (Å²) in [6.07, 6.45) is 0. The van der Waals surface area contributed by atoms with Gasteiger partial charge in [-0.3, -0.25) is 0 Å². The minimum atomic E-state index is 0.563. The molecule has 0 saturated carbocycles. The lowest BCUT2D eigenvalue weighted by Crippen LogP contribution is -2.03. The number of rotatable bonds is 4. The third-order valence-electron chi connectivity index (χ3n) is 2.23. The zero-order chi connectivity index (χ0) is 10.7. The molecule has 2 aromatic rings. The molecule has 0 radical (unpaired) electrons. The average Bonchev–Trinajstić information content (AvgIpc) is 2.68. The summed E-state index contributed by atoms with van der Waals surface area (Å²) in [6, 6.07) is 10.4. The molecule has 0 fully saturated rings. The van der Waals surface area contributed by atoms with Gasteiger partial charge in [-0.1, -0.05) is 30.4 Å². The lowest BCUT2D eigenvalue weighted by Gasteiger charge is -1.99. The van der Waals surface area contributed by atoms with E-state index in [-0.39, 0.29) is 0 Å².